The fourth-order valence-electron chi connectivity index (χ4n) is 1.93. The predicted molar refractivity (Wildman–Crippen MR) is 90.3 cm³/mol. The second kappa shape index (κ2) is 14.2. The van der Waals surface area contributed by atoms with Gasteiger partial charge in [-0.1, -0.05) is 19.3 Å². The Morgan fingerprint density at radius 2 is 1.58 bits per heavy atom. The van der Waals surface area contributed by atoms with E-state index >= 15 is 0 Å². The number of nitrogens with one attached hydrogen (secondary N) is 2. The molecule has 0 radical (unpaired) electrons. The molecule has 5 N–H and O–H groups in total. The Bertz CT molecular complexity index is 408. The van der Waals surface area contributed by atoms with Crippen molar-refractivity contribution in [3.05, 3.63) is 0 Å². The van der Waals surface area contributed by atoms with Crippen LogP contribution >= 0.6 is 7.82 Å². The molecule has 0 saturated heterocycles. The van der Waals surface area contributed by atoms with Crippen LogP contribution in [0.5, 0.6) is 0 Å². The van der Waals surface area contributed by atoms with Crippen LogP contribution in [0.1, 0.15) is 51.4 Å². The molecule has 1 atom stereocenters. The molecule has 0 bridgehead atoms. The second-order valence-corrected chi connectivity index (χ2v) is 6.91. The number of phosphoric acid groups is 1. The van der Waals surface area contributed by atoms with Gasteiger partial charge in [0, 0.05) is 26.6 Å². The van der Waals surface area contributed by atoms with Crippen molar-refractivity contribution in [1.82, 2.24) is 10.6 Å². The maximum atomic E-state index is 11.6. The van der Waals surface area contributed by atoms with E-state index in [2.05, 4.69) is 15.2 Å². The number of hydrogen-bond acceptors (Lipinski definition) is 5. The third-order valence-electron chi connectivity index (χ3n) is 3.26. The molecule has 0 aromatic carbocycles. The third kappa shape index (κ3) is 15.7. The van der Waals surface area contributed by atoms with Crippen LogP contribution in [-0.2, 0) is 18.4 Å². The second-order valence-electron chi connectivity index (χ2n) is 5.35. The first-order valence-electron chi connectivity index (χ1n) is 8.20. The van der Waals surface area contributed by atoms with Crippen LogP contribution in [0.25, 0.3) is 0 Å². The zero-order valence-electron chi connectivity index (χ0n) is 14.3. The largest absolute Gasteiger partial charge is 0.471 e. The fourth-order valence-corrected chi connectivity index (χ4v) is 2.39. The summed E-state index contributed by atoms with van der Waals surface area (Å²) >= 11 is 0. The summed E-state index contributed by atoms with van der Waals surface area (Å²) in [6.45, 7) is 1.34. The topological polar surface area (TPSA) is 140 Å². The van der Waals surface area contributed by atoms with Gasteiger partial charge >= 0.3 is 13.9 Å². The van der Waals surface area contributed by atoms with E-state index in [0.717, 1.165) is 45.6 Å². The van der Waals surface area contributed by atoms with Gasteiger partial charge in [-0.2, -0.15) is 0 Å². The van der Waals surface area contributed by atoms with Crippen LogP contribution < -0.4 is 16.4 Å². The highest BCUT2D eigenvalue weighted by molar-refractivity contribution is 7.47. The molecule has 142 valence electrons. The fraction of sp³-hybridized carbons (Fsp3) is 0.857. The van der Waals surface area contributed by atoms with E-state index in [9.17, 15) is 14.2 Å². The SMILES string of the molecule is COP(=O)(O)OCCCCCCNC(=O)CCCCCNC(N)=O. The van der Waals surface area contributed by atoms with Crippen LogP contribution in [0.4, 0.5) is 4.79 Å². The van der Waals surface area contributed by atoms with Crippen LogP contribution in [-0.4, -0.2) is 43.6 Å². The molecule has 0 rings (SSSR count). The number of nitrogens with two attached hydrogens (primary N) is 1. The number of amides is 3. The summed E-state index contributed by atoms with van der Waals surface area (Å²) in [5, 5.41) is 5.35. The molecule has 0 aromatic heterocycles. The number of carbonyl (C=O) groups excluding carboxylic acids is 2. The van der Waals surface area contributed by atoms with Crippen molar-refractivity contribution in [3.63, 3.8) is 0 Å². The van der Waals surface area contributed by atoms with Crippen molar-refractivity contribution >= 4 is 19.8 Å². The Labute approximate surface area is 143 Å². The van der Waals surface area contributed by atoms with Crippen molar-refractivity contribution in [1.29, 1.82) is 0 Å². The van der Waals surface area contributed by atoms with Gasteiger partial charge in [-0.3, -0.25) is 13.8 Å². The van der Waals surface area contributed by atoms with E-state index in [0.29, 0.717) is 25.9 Å². The smallest absolute Gasteiger partial charge is 0.356 e. The number of hydrogen-bond donors (Lipinski definition) is 4. The first-order chi connectivity index (χ1) is 11.4. The Morgan fingerprint density at radius 1 is 1.00 bits per heavy atom. The zero-order chi connectivity index (χ0) is 18.3. The summed E-state index contributed by atoms with van der Waals surface area (Å²) in [5.41, 5.74) is 4.94. The number of primary amides is 1. The molecule has 0 saturated carbocycles. The van der Waals surface area contributed by atoms with Gasteiger partial charge in [-0.15, -0.1) is 0 Å². The molecule has 0 heterocycles. The standard InChI is InChI=1S/C14H30N3O6P/c1-22-24(20,21)23-12-8-3-2-6-10-16-13(18)9-5-4-7-11-17-14(15)19/h2-12H2,1H3,(H,16,18)(H,20,21)(H3,15,17,19). The van der Waals surface area contributed by atoms with E-state index in [1.807, 2.05) is 0 Å². The Kier molecular flexibility index (Phi) is 13.5. The average molecular weight is 367 g/mol. The Balaban J connectivity index is 3.32. The maximum absolute atomic E-state index is 11.6. The lowest BCUT2D eigenvalue weighted by Crippen LogP contribution is -2.30. The number of unbranched alkanes of at least 4 members (excludes halogenated alkanes) is 5. The van der Waals surface area contributed by atoms with Gasteiger partial charge < -0.3 is 21.3 Å². The van der Waals surface area contributed by atoms with E-state index < -0.39 is 13.9 Å². The Hall–Kier alpha value is -1.15. The molecule has 0 aliphatic carbocycles. The van der Waals surface area contributed by atoms with Gasteiger partial charge in [0.1, 0.15) is 0 Å². The summed E-state index contributed by atoms with van der Waals surface area (Å²) < 4.78 is 20.0. The average Bonchev–Trinajstić information content (AvgIpc) is 2.53. The molecule has 0 aromatic rings. The highest BCUT2D eigenvalue weighted by atomic mass is 31.2. The highest BCUT2D eigenvalue weighted by Gasteiger charge is 2.17. The Morgan fingerprint density at radius 3 is 2.21 bits per heavy atom. The third-order valence-corrected chi connectivity index (χ3v) is 4.23. The van der Waals surface area contributed by atoms with Gasteiger partial charge in [0.15, 0.2) is 0 Å². The van der Waals surface area contributed by atoms with Crippen molar-refractivity contribution in [3.8, 4) is 0 Å². The molecular formula is C14H30N3O6P. The molecule has 10 heteroatoms. The van der Waals surface area contributed by atoms with E-state index in [-0.39, 0.29) is 12.5 Å². The lowest BCUT2D eigenvalue weighted by molar-refractivity contribution is -0.121. The molecule has 9 nitrogen and oxygen atoms in total. The quantitative estimate of drug-likeness (QED) is 0.256. The molecular weight excluding hydrogens is 337 g/mol. The highest BCUT2D eigenvalue weighted by Crippen LogP contribution is 2.41. The summed E-state index contributed by atoms with van der Waals surface area (Å²) in [6.07, 6.45) is 6.22. The lowest BCUT2D eigenvalue weighted by atomic mass is 10.1. The van der Waals surface area contributed by atoms with Gasteiger partial charge in [0.25, 0.3) is 0 Å². The minimum Gasteiger partial charge on any atom is -0.356 e. The predicted octanol–water partition coefficient (Wildman–Crippen LogP) is 1.66. The van der Waals surface area contributed by atoms with Crippen molar-refractivity contribution in [2.45, 2.75) is 51.4 Å². The van der Waals surface area contributed by atoms with Crippen LogP contribution in [0.2, 0.25) is 0 Å². The van der Waals surface area contributed by atoms with Gasteiger partial charge in [0.05, 0.1) is 6.61 Å². The van der Waals surface area contributed by atoms with Crippen molar-refractivity contribution < 1.29 is 28.1 Å². The lowest BCUT2D eigenvalue weighted by Gasteiger charge is -2.08. The van der Waals surface area contributed by atoms with Crippen molar-refractivity contribution in [2.75, 3.05) is 26.8 Å². The van der Waals surface area contributed by atoms with Gasteiger partial charge in [-0.25, -0.2) is 9.36 Å². The number of carbonyl (C=O) groups is 2. The first-order valence-corrected chi connectivity index (χ1v) is 9.70. The van der Waals surface area contributed by atoms with Crippen LogP contribution in [0.3, 0.4) is 0 Å². The first kappa shape index (κ1) is 22.9. The number of rotatable bonds is 15. The molecule has 0 aliphatic rings. The molecule has 24 heavy (non-hydrogen) atoms. The molecule has 0 spiro atoms. The minimum absolute atomic E-state index is 0.0301. The monoisotopic (exact) mass is 367 g/mol. The molecule has 0 fully saturated rings. The van der Waals surface area contributed by atoms with E-state index in [4.69, 9.17) is 15.2 Å². The van der Waals surface area contributed by atoms with E-state index in [1.54, 1.807) is 0 Å². The summed E-state index contributed by atoms with van der Waals surface area (Å²) in [4.78, 5) is 31.0. The number of phosphoric ester groups is 1. The number of urea groups is 1. The zero-order valence-corrected chi connectivity index (χ0v) is 15.2. The molecule has 3 amide bonds. The van der Waals surface area contributed by atoms with Crippen molar-refractivity contribution in [2.24, 2.45) is 5.73 Å². The summed E-state index contributed by atoms with van der Waals surface area (Å²) in [7, 11) is -2.73. The van der Waals surface area contributed by atoms with E-state index in [1.165, 1.54) is 0 Å². The molecule has 0 aliphatic heterocycles. The summed E-state index contributed by atoms with van der Waals surface area (Å²) in [5.74, 6) is 0.0301. The minimum atomic E-state index is -3.85. The maximum Gasteiger partial charge on any atom is 0.471 e. The molecule has 1 unspecified atom stereocenters. The van der Waals surface area contributed by atoms with Crippen LogP contribution in [0.15, 0.2) is 0 Å². The van der Waals surface area contributed by atoms with Crippen LogP contribution in [0, 0.1) is 0 Å². The van der Waals surface area contributed by atoms with Gasteiger partial charge in [0.2, 0.25) is 5.91 Å². The normalized spacial score (nSPS) is 13.2. The van der Waals surface area contributed by atoms with Gasteiger partial charge in [-0.05, 0) is 25.7 Å². The summed E-state index contributed by atoms with van der Waals surface area (Å²) in [6, 6.07) is -0.525.